The fourth-order valence-electron chi connectivity index (χ4n) is 2.75. The Kier molecular flexibility index (Phi) is 8.38. The molecule has 1 aromatic carbocycles. The molecule has 2 atom stereocenters. The number of amides is 1. The molecule has 0 aliphatic rings. The van der Waals surface area contributed by atoms with Gasteiger partial charge in [0.1, 0.15) is 0 Å². The first-order valence-electron chi connectivity index (χ1n) is 8.42. The summed E-state index contributed by atoms with van der Waals surface area (Å²) in [5, 5.41) is 3.01. The molecule has 0 aromatic heterocycles. The molecule has 1 amide bonds. The van der Waals surface area contributed by atoms with Gasteiger partial charge in [-0.1, -0.05) is 44.2 Å². The topological polar surface area (TPSA) is 55.4 Å². The van der Waals surface area contributed by atoms with Crippen LogP contribution >= 0.6 is 0 Å². The maximum absolute atomic E-state index is 12.3. The first-order chi connectivity index (χ1) is 10.9. The molecule has 0 bridgehead atoms. The highest BCUT2D eigenvalue weighted by molar-refractivity contribution is 5.78. The van der Waals surface area contributed by atoms with Crippen LogP contribution in [-0.4, -0.2) is 18.5 Å². The fourth-order valence-corrected chi connectivity index (χ4v) is 2.75. The molecule has 1 aromatic rings. The third kappa shape index (κ3) is 7.82. The van der Waals surface area contributed by atoms with Gasteiger partial charge >= 0.3 is 5.97 Å². The molecular weight excluding hydrogens is 290 g/mol. The minimum atomic E-state index is -0.220. The van der Waals surface area contributed by atoms with Crippen LogP contribution in [0.3, 0.4) is 0 Å². The minimum Gasteiger partial charge on any atom is -0.466 e. The molecular formula is C19H29NO3. The smallest absolute Gasteiger partial charge is 0.306 e. The summed E-state index contributed by atoms with van der Waals surface area (Å²) < 4.78 is 5.02. The van der Waals surface area contributed by atoms with Crippen molar-refractivity contribution in [2.45, 2.75) is 53.0 Å². The molecule has 0 aliphatic heterocycles. The van der Waals surface area contributed by atoms with Crippen LogP contribution in [0.15, 0.2) is 30.3 Å². The molecule has 0 fully saturated rings. The van der Waals surface area contributed by atoms with Crippen molar-refractivity contribution in [3.05, 3.63) is 35.9 Å². The standard InChI is InChI=1S/C19H29NO3/c1-5-23-19(22)13-16(11-14(2)3)12-18(21)20-15(4)17-9-7-6-8-10-17/h6-10,14-16H,5,11-13H2,1-4H3,(H,20,21)/t15-,16-/m0/s1. The summed E-state index contributed by atoms with van der Waals surface area (Å²) in [7, 11) is 0. The summed E-state index contributed by atoms with van der Waals surface area (Å²) in [6.45, 7) is 8.34. The second-order valence-corrected chi connectivity index (χ2v) is 6.41. The fraction of sp³-hybridized carbons (Fsp3) is 0.579. The Bertz CT molecular complexity index is 485. The molecule has 1 rings (SSSR count). The van der Waals surface area contributed by atoms with E-state index < -0.39 is 0 Å². The molecule has 0 radical (unpaired) electrons. The van der Waals surface area contributed by atoms with Gasteiger partial charge in [0.05, 0.1) is 12.6 Å². The highest BCUT2D eigenvalue weighted by Gasteiger charge is 2.20. The Balaban J connectivity index is 2.56. The van der Waals surface area contributed by atoms with Crippen LogP contribution in [0.5, 0.6) is 0 Å². The molecule has 0 saturated carbocycles. The predicted octanol–water partition coefficient (Wildman–Crippen LogP) is 3.87. The van der Waals surface area contributed by atoms with E-state index in [1.54, 1.807) is 6.92 Å². The van der Waals surface area contributed by atoms with Crippen LogP contribution < -0.4 is 5.32 Å². The zero-order chi connectivity index (χ0) is 17.2. The van der Waals surface area contributed by atoms with Crippen LogP contribution in [-0.2, 0) is 14.3 Å². The van der Waals surface area contributed by atoms with E-state index in [-0.39, 0.29) is 23.8 Å². The Labute approximate surface area is 139 Å². The van der Waals surface area contributed by atoms with Gasteiger partial charge in [-0.05, 0) is 37.7 Å². The van der Waals surface area contributed by atoms with E-state index in [4.69, 9.17) is 4.74 Å². The van der Waals surface area contributed by atoms with Crippen molar-refractivity contribution in [1.29, 1.82) is 0 Å². The number of carbonyl (C=O) groups excluding carboxylic acids is 2. The summed E-state index contributed by atoms with van der Waals surface area (Å²) in [5.41, 5.74) is 1.08. The van der Waals surface area contributed by atoms with E-state index in [1.165, 1.54) is 0 Å². The summed E-state index contributed by atoms with van der Waals surface area (Å²) in [6.07, 6.45) is 1.50. The van der Waals surface area contributed by atoms with E-state index in [0.717, 1.165) is 12.0 Å². The number of hydrogen-bond donors (Lipinski definition) is 1. The van der Waals surface area contributed by atoms with Crippen molar-refractivity contribution in [3.63, 3.8) is 0 Å². The molecule has 23 heavy (non-hydrogen) atoms. The average Bonchev–Trinajstić information content (AvgIpc) is 2.47. The predicted molar refractivity (Wildman–Crippen MR) is 91.8 cm³/mol. The van der Waals surface area contributed by atoms with E-state index in [9.17, 15) is 9.59 Å². The first-order valence-corrected chi connectivity index (χ1v) is 8.42. The molecule has 128 valence electrons. The average molecular weight is 319 g/mol. The van der Waals surface area contributed by atoms with E-state index in [1.807, 2.05) is 37.3 Å². The van der Waals surface area contributed by atoms with E-state index in [2.05, 4.69) is 19.2 Å². The van der Waals surface area contributed by atoms with Gasteiger partial charge < -0.3 is 10.1 Å². The van der Waals surface area contributed by atoms with Crippen molar-refractivity contribution >= 4 is 11.9 Å². The monoisotopic (exact) mass is 319 g/mol. The third-order valence-corrected chi connectivity index (χ3v) is 3.72. The number of nitrogens with one attached hydrogen (secondary N) is 1. The second-order valence-electron chi connectivity index (χ2n) is 6.41. The zero-order valence-electron chi connectivity index (χ0n) is 14.7. The van der Waals surface area contributed by atoms with Crippen LogP contribution in [0, 0.1) is 11.8 Å². The zero-order valence-corrected chi connectivity index (χ0v) is 14.7. The van der Waals surface area contributed by atoms with Crippen LogP contribution in [0.4, 0.5) is 0 Å². The quantitative estimate of drug-likeness (QED) is 0.703. The lowest BCUT2D eigenvalue weighted by Crippen LogP contribution is -2.29. The molecule has 4 nitrogen and oxygen atoms in total. The normalized spacial score (nSPS) is 13.4. The number of rotatable bonds is 9. The number of esters is 1. The lowest BCUT2D eigenvalue weighted by Gasteiger charge is -2.20. The highest BCUT2D eigenvalue weighted by Crippen LogP contribution is 2.21. The van der Waals surface area contributed by atoms with E-state index >= 15 is 0 Å². The van der Waals surface area contributed by atoms with Crippen molar-refractivity contribution in [2.24, 2.45) is 11.8 Å². The first kappa shape index (κ1) is 19.2. The van der Waals surface area contributed by atoms with Gasteiger partial charge in [0.15, 0.2) is 0 Å². The van der Waals surface area contributed by atoms with Gasteiger partial charge in [-0.2, -0.15) is 0 Å². The van der Waals surface area contributed by atoms with Gasteiger partial charge in [0.2, 0.25) is 5.91 Å². The third-order valence-electron chi connectivity index (χ3n) is 3.72. The molecule has 0 saturated heterocycles. The largest absolute Gasteiger partial charge is 0.466 e. The van der Waals surface area contributed by atoms with Gasteiger partial charge in [0.25, 0.3) is 0 Å². The van der Waals surface area contributed by atoms with Crippen LogP contribution in [0.2, 0.25) is 0 Å². The summed E-state index contributed by atoms with van der Waals surface area (Å²) >= 11 is 0. The maximum Gasteiger partial charge on any atom is 0.306 e. The Hall–Kier alpha value is -1.84. The highest BCUT2D eigenvalue weighted by atomic mass is 16.5. The Morgan fingerprint density at radius 2 is 1.74 bits per heavy atom. The Morgan fingerprint density at radius 1 is 1.09 bits per heavy atom. The summed E-state index contributed by atoms with van der Waals surface area (Å²) in [6, 6.07) is 9.83. The minimum absolute atomic E-state index is 0.0173. The van der Waals surface area contributed by atoms with Gasteiger partial charge in [-0.3, -0.25) is 9.59 Å². The summed E-state index contributed by atoms with van der Waals surface area (Å²) in [4.78, 5) is 24.0. The van der Waals surface area contributed by atoms with E-state index in [0.29, 0.717) is 25.4 Å². The molecule has 0 spiro atoms. The second kappa shape index (κ2) is 10.0. The van der Waals surface area contributed by atoms with Crippen molar-refractivity contribution < 1.29 is 14.3 Å². The number of benzene rings is 1. The number of carbonyl (C=O) groups is 2. The molecule has 0 unspecified atom stereocenters. The van der Waals surface area contributed by atoms with Crippen LogP contribution in [0.25, 0.3) is 0 Å². The van der Waals surface area contributed by atoms with Crippen molar-refractivity contribution in [3.8, 4) is 0 Å². The lowest BCUT2D eigenvalue weighted by atomic mass is 9.91. The van der Waals surface area contributed by atoms with Crippen molar-refractivity contribution in [2.75, 3.05) is 6.61 Å². The number of hydrogen-bond acceptors (Lipinski definition) is 3. The van der Waals surface area contributed by atoms with Gasteiger partial charge in [-0.15, -0.1) is 0 Å². The SMILES string of the molecule is CCOC(=O)C[C@H](CC(=O)N[C@@H](C)c1ccccc1)CC(C)C. The Morgan fingerprint density at radius 3 is 2.30 bits per heavy atom. The van der Waals surface area contributed by atoms with Crippen LogP contribution in [0.1, 0.15) is 58.6 Å². The van der Waals surface area contributed by atoms with Gasteiger partial charge in [-0.25, -0.2) is 0 Å². The number of ether oxygens (including phenoxy) is 1. The van der Waals surface area contributed by atoms with Crippen molar-refractivity contribution in [1.82, 2.24) is 5.32 Å². The van der Waals surface area contributed by atoms with Gasteiger partial charge in [0, 0.05) is 12.8 Å². The molecule has 4 heteroatoms. The maximum atomic E-state index is 12.3. The lowest BCUT2D eigenvalue weighted by molar-refractivity contribution is -0.144. The summed E-state index contributed by atoms with van der Waals surface area (Å²) in [5.74, 6) is 0.226. The molecule has 0 aliphatic carbocycles. The molecule has 1 N–H and O–H groups in total. The molecule has 0 heterocycles.